The summed E-state index contributed by atoms with van der Waals surface area (Å²) in [5, 5.41) is 4.60. The molecule has 0 spiro atoms. The summed E-state index contributed by atoms with van der Waals surface area (Å²) in [7, 11) is 0. The molecular formula is C28H38N6O3. The van der Waals surface area contributed by atoms with Gasteiger partial charge in [0, 0.05) is 38.3 Å². The van der Waals surface area contributed by atoms with E-state index in [1.54, 1.807) is 4.90 Å². The summed E-state index contributed by atoms with van der Waals surface area (Å²) in [4.78, 5) is 36.9. The summed E-state index contributed by atoms with van der Waals surface area (Å²) in [5.41, 5.74) is 2.85. The van der Waals surface area contributed by atoms with Gasteiger partial charge in [0.05, 0.1) is 12.1 Å². The zero-order valence-corrected chi connectivity index (χ0v) is 22.4. The van der Waals surface area contributed by atoms with Gasteiger partial charge >= 0.3 is 6.09 Å². The van der Waals surface area contributed by atoms with Crippen molar-refractivity contribution in [2.24, 2.45) is 4.99 Å². The Kier molecular flexibility index (Phi) is 7.07. The number of ether oxygens (including phenoxy) is 1. The van der Waals surface area contributed by atoms with Gasteiger partial charge in [0.25, 0.3) is 5.91 Å². The number of hydrogen-bond donors (Lipinski definition) is 0. The number of likely N-dealkylation sites (tertiary alicyclic amines) is 1. The molecule has 3 aliphatic rings. The smallest absolute Gasteiger partial charge is 0.410 e. The fourth-order valence-electron chi connectivity index (χ4n) is 5.54. The Bertz CT molecular complexity index is 1170. The molecule has 0 atom stereocenters. The van der Waals surface area contributed by atoms with Gasteiger partial charge in [-0.15, -0.1) is 0 Å². The number of piperidine rings is 1. The molecule has 37 heavy (non-hydrogen) atoms. The van der Waals surface area contributed by atoms with Crippen LogP contribution < -0.4 is 0 Å². The van der Waals surface area contributed by atoms with Crippen LogP contribution in [0.2, 0.25) is 0 Å². The van der Waals surface area contributed by atoms with E-state index in [0.29, 0.717) is 37.9 Å². The Morgan fingerprint density at radius 1 is 1.03 bits per heavy atom. The number of nitrogens with zero attached hydrogens (tertiary/aromatic N) is 6. The van der Waals surface area contributed by atoms with Crippen LogP contribution in [0.4, 0.5) is 10.6 Å². The zero-order chi connectivity index (χ0) is 26.2. The summed E-state index contributed by atoms with van der Waals surface area (Å²) in [5.74, 6) is 1.80. The second-order valence-electron chi connectivity index (χ2n) is 11.3. The number of rotatable bonds is 3. The Morgan fingerprint density at radius 2 is 1.70 bits per heavy atom. The minimum Gasteiger partial charge on any atom is -0.444 e. The molecule has 0 bridgehead atoms. The average molecular weight is 507 g/mol. The molecule has 0 aliphatic carbocycles. The molecule has 0 unspecified atom stereocenters. The highest BCUT2D eigenvalue weighted by Gasteiger charge is 2.34. The van der Waals surface area contributed by atoms with Gasteiger partial charge in [0.2, 0.25) is 0 Å². The molecule has 1 aromatic carbocycles. The standard InChI is InChI=1S/C28H38N6O3/c1-20-25(22-10-12-31(13-11-22)19-21-8-6-5-7-9-21)26-29-23(18-24(35)34(26)30-20)32-14-16-33(17-15-32)27(36)37-28(2,3)4/h5-9,22H,10-19H2,1-4H3. The molecule has 5 rings (SSSR count). The van der Waals surface area contributed by atoms with Crippen LogP contribution in [0.15, 0.2) is 35.3 Å². The van der Waals surface area contributed by atoms with Crippen LogP contribution in [0.3, 0.4) is 0 Å². The van der Waals surface area contributed by atoms with Crippen molar-refractivity contribution in [1.29, 1.82) is 0 Å². The first-order valence-corrected chi connectivity index (χ1v) is 13.4. The average Bonchev–Trinajstić information content (AvgIpc) is 3.20. The predicted octanol–water partition coefficient (Wildman–Crippen LogP) is 4.20. The number of amidine groups is 1. The lowest BCUT2D eigenvalue weighted by molar-refractivity contribution is 0.0185. The van der Waals surface area contributed by atoms with E-state index in [9.17, 15) is 9.59 Å². The minimum atomic E-state index is -0.515. The second-order valence-corrected chi connectivity index (χ2v) is 11.3. The van der Waals surface area contributed by atoms with Crippen LogP contribution in [-0.2, 0) is 11.3 Å². The fourth-order valence-corrected chi connectivity index (χ4v) is 5.54. The van der Waals surface area contributed by atoms with E-state index in [1.165, 1.54) is 10.2 Å². The number of hydrogen-bond acceptors (Lipinski definition) is 7. The topological polar surface area (TPSA) is 83.3 Å². The molecule has 0 N–H and O–H groups in total. The first-order chi connectivity index (χ1) is 17.7. The van der Waals surface area contributed by atoms with Crippen LogP contribution >= 0.6 is 0 Å². The maximum atomic E-state index is 13.1. The summed E-state index contributed by atoms with van der Waals surface area (Å²) >= 11 is 0. The molecule has 1 amide bonds. The lowest BCUT2D eigenvalue weighted by atomic mass is 9.88. The monoisotopic (exact) mass is 506 g/mol. The van der Waals surface area contributed by atoms with Gasteiger partial charge in [-0.3, -0.25) is 9.69 Å². The first kappa shape index (κ1) is 25.4. The van der Waals surface area contributed by atoms with Crippen molar-refractivity contribution in [3.05, 3.63) is 47.2 Å². The lowest BCUT2D eigenvalue weighted by Crippen LogP contribution is -2.52. The Labute approximate surface area is 219 Å². The molecule has 9 nitrogen and oxygen atoms in total. The number of benzene rings is 1. The molecule has 198 valence electrons. The maximum Gasteiger partial charge on any atom is 0.410 e. The molecule has 3 aliphatic heterocycles. The van der Waals surface area contributed by atoms with Gasteiger partial charge in [0.15, 0.2) is 5.82 Å². The molecule has 2 saturated heterocycles. The van der Waals surface area contributed by atoms with E-state index in [4.69, 9.17) is 9.73 Å². The van der Waals surface area contributed by atoms with Gasteiger partial charge in [-0.1, -0.05) is 30.3 Å². The van der Waals surface area contributed by atoms with Crippen LogP contribution in [0.25, 0.3) is 0 Å². The highest BCUT2D eigenvalue weighted by atomic mass is 16.6. The largest absolute Gasteiger partial charge is 0.444 e. The Balaban J connectivity index is 1.26. The Morgan fingerprint density at radius 3 is 2.35 bits per heavy atom. The van der Waals surface area contributed by atoms with E-state index < -0.39 is 5.60 Å². The number of aliphatic imine (C=N–C) groups is 1. The van der Waals surface area contributed by atoms with Gasteiger partial charge in [-0.2, -0.15) is 9.78 Å². The third-order valence-corrected chi connectivity index (χ3v) is 7.40. The van der Waals surface area contributed by atoms with Crippen molar-refractivity contribution in [3.63, 3.8) is 0 Å². The maximum absolute atomic E-state index is 13.1. The van der Waals surface area contributed by atoms with Crippen LogP contribution in [-0.4, -0.2) is 87.2 Å². The van der Waals surface area contributed by atoms with Crippen LogP contribution in [0.1, 0.15) is 67.6 Å². The summed E-state index contributed by atoms with van der Waals surface area (Å²) in [6.45, 7) is 13.0. The first-order valence-electron chi connectivity index (χ1n) is 13.4. The zero-order valence-electron chi connectivity index (χ0n) is 22.4. The van der Waals surface area contributed by atoms with Crippen molar-refractivity contribution in [2.45, 2.75) is 65.0 Å². The van der Waals surface area contributed by atoms with Crippen molar-refractivity contribution < 1.29 is 14.3 Å². The Hall–Kier alpha value is -3.20. The number of aromatic nitrogens is 2. The minimum absolute atomic E-state index is 0.0366. The number of carbonyl (C=O) groups is 2. The van der Waals surface area contributed by atoms with Gasteiger partial charge < -0.3 is 14.5 Å². The van der Waals surface area contributed by atoms with E-state index in [-0.39, 0.29) is 18.4 Å². The van der Waals surface area contributed by atoms with Gasteiger partial charge in [0.1, 0.15) is 11.4 Å². The molecule has 2 fully saturated rings. The summed E-state index contributed by atoms with van der Waals surface area (Å²) in [6, 6.07) is 10.6. The predicted molar refractivity (Wildman–Crippen MR) is 142 cm³/mol. The molecule has 4 heterocycles. The normalized spacial score (nSPS) is 19.6. The van der Waals surface area contributed by atoms with Gasteiger partial charge in [-0.25, -0.2) is 9.79 Å². The van der Waals surface area contributed by atoms with Crippen molar-refractivity contribution in [3.8, 4) is 0 Å². The van der Waals surface area contributed by atoms with Crippen molar-refractivity contribution in [2.75, 3.05) is 39.3 Å². The molecule has 9 heteroatoms. The van der Waals surface area contributed by atoms with E-state index in [0.717, 1.165) is 49.6 Å². The number of fused-ring (bicyclic) bond motifs is 1. The van der Waals surface area contributed by atoms with Gasteiger partial charge in [-0.05, 0) is 65.1 Å². The quantitative estimate of drug-likeness (QED) is 0.621. The molecule has 0 radical (unpaired) electrons. The summed E-state index contributed by atoms with van der Waals surface area (Å²) < 4.78 is 7.03. The van der Waals surface area contributed by atoms with Crippen LogP contribution in [0, 0.1) is 6.92 Å². The van der Waals surface area contributed by atoms with Crippen molar-refractivity contribution in [1.82, 2.24) is 24.5 Å². The third kappa shape index (κ3) is 5.71. The van der Waals surface area contributed by atoms with E-state index in [2.05, 4.69) is 45.2 Å². The van der Waals surface area contributed by atoms with Crippen LogP contribution in [0.5, 0.6) is 0 Å². The molecule has 2 aromatic rings. The number of piperazine rings is 1. The number of amides is 1. The van der Waals surface area contributed by atoms with E-state index >= 15 is 0 Å². The summed E-state index contributed by atoms with van der Waals surface area (Å²) in [6.07, 6.45) is 2.00. The van der Waals surface area contributed by atoms with E-state index in [1.807, 2.05) is 27.7 Å². The van der Waals surface area contributed by atoms with Crippen molar-refractivity contribution >= 4 is 23.7 Å². The third-order valence-electron chi connectivity index (χ3n) is 7.40. The number of carbonyl (C=O) groups excluding carboxylic acids is 2. The lowest BCUT2D eigenvalue weighted by Gasteiger charge is -2.37. The second kappa shape index (κ2) is 10.3. The SMILES string of the molecule is Cc1nn2c(c1C1CCN(Cc3ccccc3)CC1)N=C(N1CCN(C(=O)OC(C)(C)C)CC1)CC2=O. The highest BCUT2D eigenvalue weighted by Crippen LogP contribution is 2.38. The highest BCUT2D eigenvalue weighted by molar-refractivity contribution is 6.05. The number of aryl methyl sites for hydroxylation is 1. The molecular weight excluding hydrogens is 468 g/mol. The molecule has 1 aromatic heterocycles. The fraction of sp³-hybridized carbons (Fsp3) is 0.571. The molecule has 0 saturated carbocycles.